The number of amides is 1. The van der Waals surface area contributed by atoms with E-state index in [4.69, 9.17) is 9.47 Å². The van der Waals surface area contributed by atoms with Gasteiger partial charge in [0.1, 0.15) is 24.3 Å². The maximum Gasteiger partial charge on any atom is 0.253 e. The number of nitrogens with one attached hydrogen (secondary N) is 1. The Morgan fingerprint density at radius 2 is 2.35 bits per heavy atom. The summed E-state index contributed by atoms with van der Waals surface area (Å²) in [5.41, 5.74) is 1.35. The van der Waals surface area contributed by atoms with Crippen LogP contribution in [0.1, 0.15) is 12.0 Å². The summed E-state index contributed by atoms with van der Waals surface area (Å²) in [4.78, 5) is 14.4. The molecule has 6 heteroatoms. The van der Waals surface area contributed by atoms with Gasteiger partial charge >= 0.3 is 0 Å². The third-order valence-corrected chi connectivity index (χ3v) is 4.27. The van der Waals surface area contributed by atoms with Gasteiger partial charge in [-0.3, -0.25) is 4.79 Å². The van der Waals surface area contributed by atoms with E-state index in [2.05, 4.69) is 5.32 Å². The van der Waals surface area contributed by atoms with Crippen molar-refractivity contribution in [2.45, 2.75) is 18.6 Å². The summed E-state index contributed by atoms with van der Waals surface area (Å²) in [6, 6.07) is 5.35. The van der Waals surface area contributed by atoms with Crippen LogP contribution >= 0.6 is 0 Å². The summed E-state index contributed by atoms with van der Waals surface area (Å²) in [6.45, 7) is 0.941. The van der Waals surface area contributed by atoms with E-state index in [9.17, 15) is 9.18 Å². The molecule has 1 aromatic rings. The number of hydrogen-bond donors (Lipinski definition) is 1. The summed E-state index contributed by atoms with van der Waals surface area (Å²) in [5.74, 6) is 1.27. The predicted octanol–water partition coefficient (Wildman–Crippen LogP) is 1.63. The van der Waals surface area contributed by atoms with Gasteiger partial charge in [-0.05, 0) is 31.3 Å². The summed E-state index contributed by atoms with van der Waals surface area (Å²) >= 11 is 0. The predicted molar refractivity (Wildman–Crippen MR) is 85.4 cm³/mol. The highest BCUT2D eigenvalue weighted by Crippen LogP contribution is 2.31. The number of nitrogens with zero attached hydrogens (tertiary/aromatic N) is 1. The topological polar surface area (TPSA) is 50.8 Å². The zero-order valence-electron chi connectivity index (χ0n) is 13.3. The van der Waals surface area contributed by atoms with Crippen molar-refractivity contribution in [3.05, 3.63) is 29.3 Å². The van der Waals surface area contributed by atoms with Crippen LogP contribution in [0.25, 0.3) is 6.08 Å². The molecule has 2 atom stereocenters. The van der Waals surface area contributed by atoms with E-state index >= 15 is 0 Å². The number of fused-ring (bicyclic) bond motifs is 1. The van der Waals surface area contributed by atoms with Gasteiger partial charge < -0.3 is 19.7 Å². The Morgan fingerprint density at radius 3 is 3.09 bits per heavy atom. The van der Waals surface area contributed by atoms with Gasteiger partial charge in [0.05, 0.1) is 19.2 Å². The Bertz CT molecular complexity index is 632. The first-order valence-electron chi connectivity index (χ1n) is 7.73. The molecule has 2 heterocycles. The van der Waals surface area contributed by atoms with Crippen molar-refractivity contribution in [3.8, 4) is 11.5 Å². The van der Waals surface area contributed by atoms with Crippen LogP contribution in [-0.2, 0) is 4.79 Å². The average Bonchev–Trinajstić information content (AvgIpc) is 2.94. The Labute approximate surface area is 135 Å². The van der Waals surface area contributed by atoms with Crippen LogP contribution in [0.15, 0.2) is 23.8 Å². The van der Waals surface area contributed by atoms with Gasteiger partial charge in [-0.15, -0.1) is 0 Å². The van der Waals surface area contributed by atoms with Crippen molar-refractivity contribution in [1.29, 1.82) is 0 Å². The first kappa shape index (κ1) is 15.8. The standard InChI is InChI=1S/C17H21FN2O3/c1-19-8-14-7-13(18)9-20(14)17(21)12-5-11-6-15(22-2)3-4-16(11)23-10-12/h3-6,13-14,19H,7-10H2,1-2H3/t13-,14-/m0/s1. The Hall–Kier alpha value is -2.08. The molecular weight excluding hydrogens is 299 g/mol. The zero-order valence-corrected chi connectivity index (χ0v) is 13.3. The summed E-state index contributed by atoms with van der Waals surface area (Å²) < 4.78 is 24.6. The number of rotatable bonds is 4. The average molecular weight is 320 g/mol. The summed E-state index contributed by atoms with van der Waals surface area (Å²) in [7, 11) is 3.40. The van der Waals surface area contributed by atoms with Crippen molar-refractivity contribution in [3.63, 3.8) is 0 Å². The molecule has 0 aliphatic carbocycles. The van der Waals surface area contributed by atoms with Crippen LogP contribution in [0, 0.1) is 0 Å². The molecule has 3 rings (SSSR count). The van der Waals surface area contributed by atoms with Gasteiger partial charge in [-0.25, -0.2) is 4.39 Å². The molecule has 1 aromatic carbocycles. The van der Waals surface area contributed by atoms with Gasteiger partial charge in [-0.2, -0.15) is 0 Å². The van der Waals surface area contributed by atoms with Crippen molar-refractivity contribution < 1.29 is 18.7 Å². The van der Waals surface area contributed by atoms with Gasteiger partial charge in [0.2, 0.25) is 0 Å². The molecule has 0 bridgehead atoms. The summed E-state index contributed by atoms with van der Waals surface area (Å²) in [5, 5.41) is 3.02. The lowest BCUT2D eigenvalue weighted by Gasteiger charge is -2.27. The fourth-order valence-corrected chi connectivity index (χ4v) is 3.13. The number of ether oxygens (including phenoxy) is 2. The molecule has 1 amide bonds. The molecule has 2 aliphatic rings. The molecule has 1 N–H and O–H groups in total. The second-order valence-corrected chi connectivity index (χ2v) is 5.86. The lowest BCUT2D eigenvalue weighted by atomic mass is 10.1. The van der Waals surface area contributed by atoms with E-state index in [1.807, 2.05) is 24.3 Å². The van der Waals surface area contributed by atoms with E-state index in [0.29, 0.717) is 24.3 Å². The molecule has 0 saturated carbocycles. The highest BCUT2D eigenvalue weighted by molar-refractivity contribution is 5.99. The quantitative estimate of drug-likeness (QED) is 0.916. The number of methoxy groups -OCH3 is 1. The molecule has 1 fully saturated rings. The van der Waals surface area contributed by atoms with Crippen molar-refractivity contribution >= 4 is 12.0 Å². The molecule has 1 saturated heterocycles. The number of alkyl halides is 1. The van der Waals surface area contributed by atoms with Crippen LogP contribution < -0.4 is 14.8 Å². The minimum absolute atomic E-state index is 0.116. The molecule has 5 nitrogen and oxygen atoms in total. The molecule has 0 unspecified atom stereocenters. The number of carbonyl (C=O) groups is 1. The number of carbonyl (C=O) groups excluding carboxylic acids is 1. The molecule has 124 valence electrons. The smallest absolute Gasteiger partial charge is 0.253 e. The van der Waals surface area contributed by atoms with Crippen LogP contribution in [0.5, 0.6) is 11.5 Å². The van der Waals surface area contributed by atoms with E-state index in [-0.39, 0.29) is 25.1 Å². The Balaban J connectivity index is 1.83. The van der Waals surface area contributed by atoms with Gasteiger partial charge in [-0.1, -0.05) is 0 Å². The lowest BCUT2D eigenvalue weighted by Crippen LogP contribution is -2.42. The fourth-order valence-electron chi connectivity index (χ4n) is 3.13. The molecule has 2 aliphatic heterocycles. The van der Waals surface area contributed by atoms with Crippen molar-refractivity contribution in [2.75, 3.05) is 33.9 Å². The van der Waals surface area contributed by atoms with Crippen LogP contribution in [0.2, 0.25) is 0 Å². The Morgan fingerprint density at radius 1 is 1.52 bits per heavy atom. The van der Waals surface area contributed by atoms with Crippen LogP contribution in [-0.4, -0.2) is 56.9 Å². The van der Waals surface area contributed by atoms with E-state index in [1.165, 1.54) is 0 Å². The highest BCUT2D eigenvalue weighted by atomic mass is 19.1. The van der Waals surface area contributed by atoms with E-state index < -0.39 is 6.17 Å². The first-order valence-corrected chi connectivity index (χ1v) is 7.73. The minimum Gasteiger partial charge on any atom is -0.497 e. The lowest BCUT2D eigenvalue weighted by molar-refractivity contribution is -0.128. The molecule has 0 radical (unpaired) electrons. The second-order valence-electron chi connectivity index (χ2n) is 5.86. The number of benzene rings is 1. The number of likely N-dealkylation sites (N-methyl/N-ethyl adjacent to an activating group) is 1. The second kappa shape index (κ2) is 6.58. The first-order chi connectivity index (χ1) is 11.1. The fraction of sp³-hybridized carbons (Fsp3) is 0.471. The highest BCUT2D eigenvalue weighted by Gasteiger charge is 2.36. The largest absolute Gasteiger partial charge is 0.497 e. The number of likely N-dealkylation sites (tertiary alicyclic amines) is 1. The maximum absolute atomic E-state index is 13.7. The van der Waals surface area contributed by atoms with E-state index in [1.54, 1.807) is 19.1 Å². The third-order valence-electron chi connectivity index (χ3n) is 4.27. The SMILES string of the molecule is CNC[C@@H]1C[C@H](F)CN1C(=O)C1=Cc2cc(OC)ccc2OC1. The molecule has 0 spiro atoms. The van der Waals surface area contributed by atoms with Crippen LogP contribution in [0.3, 0.4) is 0 Å². The van der Waals surface area contributed by atoms with Gasteiger partial charge in [0.15, 0.2) is 0 Å². The van der Waals surface area contributed by atoms with Gasteiger partial charge in [0.25, 0.3) is 5.91 Å². The van der Waals surface area contributed by atoms with Gasteiger partial charge in [0, 0.05) is 24.6 Å². The normalized spacial score (nSPS) is 23.1. The molecule has 0 aromatic heterocycles. The minimum atomic E-state index is -0.963. The number of hydrogen-bond acceptors (Lipinski definition) is 4. The van der Waals surface area contributed by atoms with Crippen LogP contribution in [0.4, 0.5) is 4.39 Å². The zero-order chi connectivity index (χ0) is 16.4. The summed E-state index contributed by atoms with van der Waals surface area (Å²) in [6.07, 6.45) is 1.23. The Kier molecular flexibility index (Phi) is 4.52. The number of halogens is 1. The maximum atomic E-state index is 13.7. The molecular formula is C17H21FN2O3. The third kappa shape index (κ3) is 3.17. The van der Waals surface area contributed by atoms with Crippen molar-refractivity contribution in [1.82, 2.24) is 10.2 Å². The monoisotopic (exact) mass is 320 g/mol. The van der Waals surface area contributed by atoms with Crippen molar-refractivity contribution in [2.24, 2.45) is 0 Å². The van der Waals surface area contributed by atoms with E-state index in [0.717, 1.165) is 11.3 Å². The molecule has 23 heavy (non-hydrogen) atoms.